The molecule has 3 N–H and O–H groups in total. The molecule has 2 aliphatic heterocycles. The van der Waals surface area contributed by atoms with Gasteiger partial charge in [-0.3, -0.25) is 0 Å². The van der Waals surface area contributed by atoms with E-state index in [1.54, 1.807) is 66.7 Å². The van der Waals surface area contributed by atoms with Crippen LogP contribution in [0.1, 0.15) is 31.1 Å². The Labute approximate surface area is 246 Å². The highest BCUT2D eigenvalue weighted by Crippen LogP contribution is 2.32. The van der Waals surface area contributed by atoms with E-state index in [4.69, 9.17) is 28.4 Å². The molecular formula is C31H30O12. The summed E-state index contributed by atoms with van der Waals surface area (Å²) in [5, 5.41) is 30.9. The van der Waals surface area contributed by atoms with Crippen LogP contribution in [-0.2, 0) is 28.4 Å². The van der Waals surface area contributed by atoms with Gasteiger partial charge in [0, 0.05) is 0 Å². The first-order valence-corrected chi connectivity index (χ1v) is 13.5. The van der Waals surface area contributed by atoms with E-state index in [1.165, 1.54) is 24.3 Å². The fourth-order valence-electron chi connectivity index (χ4n) is 4.66. The van der Waals surface area contributed by atoms with Crippen molar-refractivity contribution in [3.05, 3.63) is 108 Å². The number of hydrogen-bond donors (Lipinski definition) is 3. The molecule has 0 bridgehead atoms. The standard InChI is InChI=1S/C31H30O12/c32-21-16-38-30(37)23(33)24(21)43-31-26(42-29(36)20-14-8-3-9-15-20)25(41-28(35)19-12-6-2-7-13-19)22(40-31)17-39-27(34)18-10-4-1-5-11-18/h1-15,21-26,30-33,37H,16-17H2/t21-,22+,23-,24+,25+,26-,30+,31+/m1/s1. The quantitative estimate of drug-likeness (QED) is 0.242. The fraction of sp³-hybridized carbons (Fsp3) is 0.323. The molecule has 0 aliphatic carbocycles. The Morgan fingerprint density at radius 1 is 0.674 bits per heavy atom. The van der Waals surface area contributed by atoms with Crippen molar-refractivity contribution in [3.8, 4) is 0 Å². The van der Waals surface area contributed by atoms with Gasteiger partial charge in [0.05, 0.1) is 23.3 Å². The largest absolute Gasteiger partial charge is 0.459 e. The van der Waals surface area contributed by atoms with Gasteiger partial charge in [0.1, 0.15) is 31.0 Å². The zero-order valence-corrected chi connectivity index (χ0v) is 22.7. The lowest BCUT2D eigenvalue weighted by Gasteiger charge is -2.37. The average Bonchev–Trinajstić information content (AvgIpc) is 3.35. The molecule has 3 aromatic rings. The number of carbonyl (C=O) groups excluding carboxylic acids is 3. The molecule has 2 heterocycles. The summed E-state index contributed by atoms with van der Waals surface area (Å²) in [4.78, 5) is 39.0. The second-order valence-corrected chi connectivity index (χ2v) is 9.86. The molecule has 0 spiro atoms. The SMILES string of the molecule is O=C(OC[C@@H]1O[C@@H](O[C@@H]2[C@@H](O)[C@@H](O)OC[C@H]2O)[C@H](OC(=O)c2ccccc2)[C@H]1OC(=O)c1ccccc1)c1ccccc1. The van der Waals surface area contributed by atoms with Gasteiger partial charge in [-0.1, -0.05) is 54.6 Å². The van der Waals surface area contributed by atoms with Gasteiger partial charge in [0.2, 0.25) is 0 Å². The van der Waals surface area contributed by atoms with Gasteiger partial charge in [-0.25, -0.2) is 14.4 Å². The van der Waals surface area contributed by atoms with E-state index in [-0.39, 0.29) is 23.3 Å². The summed E-state index contributed by atoms with van der Waals surface area (Å²) in [5.41, 5.74) is 0.633. The van der Waals surface area contributed by atoms with Crippen molar-refractivity contribution in [1.82, 2.24) is 0 Å². The van der Waals surface area contributed by atoms with Gasteiger partial charge < -0.3 is 43.7 Å². The molecule has 0 aromatic heterocycles. The Hall–Kier alpha value is -4.17. The third-order valence-electron chi connectivity index (χ3n) is 6.90. The first-order valence-electron chi connectivity index (χ1n) is 13.5. The maximum atomic E-state index is 13.2. The minimum Gasteiger partial charge on any atom is -0.459 e. The van der Waals surface area contributed by atoms with Crippen LogP contribution >= 0.6 is 0 Å². The van der Waals surface area contributed by atoms with Crippen LogP contribution in [0.25, 0.3) is 0 Å². The second kappa shape index (κ2) is 13.9. The molecule has 8 atom stereocenters. The maximum Gasteiger partial charge on any atom is 0.338 e. The van der Waals surface area contributed by atoms with E-state index in [2.05, 4.69) is 0 Å². The van der Waals surface area contributed by atoms with Crippen LogP contribution in [0.5, 0.6) is 0 Å². The Morgan fingerprint density at radius 3 is 1.70 bits per heavy atom. The highest BCUT2D eigenvalue weighted by molar-refractivity contribution is 5.91. The van der Waals surface area contributed by atoms with Gasteiger partial charge in [0.25, 0.3) is 0 Å². The lowest BCUT2D eigenvalue weighted by Crippen LogP contribution is -2.56. The first-order chi connectivity index (χ1) is 20.8. The number of benzene rings is 3. The monoisotopic (exact) mass is 594 g/mol. The number of esters is 3. The van der Waals surface area contributed by atoms with E-state index >= 15 is 0 Å². The lowest BCUT2D eigenvalue weighted by molar-refractivity contribution is -0.298. The van der Waals surface area contributed by atoms with Crippen molar-refractivity contribution in [2.75, 3.05) is 13.2 Å². The minimum absolute atomic E-state index is 0.176. The predicted molar refractivity (Wildman–Crippen MR) is 146 cm³/mol. The molecule has 0 unspecified atom stereocenters. The lowest BCUT2D eigenvalue weighted by atomic mass is 10.0. The zero-order valence-electron chi connectivity index (χ0n) is 22.7. The molecule has 0 saturated carbocycles. The number of rotatable bonds is 9. The van der Waals surface area contributed by atoms with Crippen molar-refractivity contribution in [3.63, 3.8) is 0 Å². The molecule has 0 amide bonds. The number of hydrogen-bond acceptors (Lipinski definition) is 12. The van der Waals surface area contributed by atoms with Crippen molar-refractivity contribution in [2.24, 2.45) is 0 Å². The third kappa shape index (κ3) is 7.25. The number of carbonyl (C=O) groups is 3. The third-order valence-corrected chi connectivity index (χ3v) is 6.90. The van der Waals surface area contributed by atoms with E-state index in [1.807, 2.05) is 0 Å². The van der Waals surface area contributed by atoms with Crippen LogP contribution < -0.4 is 0 Å². The Bertz CT molecular complexity index is 1370. The summed E-state index contributed by atoms with van der Waals surface area (Å²) in [7, 11) is 0. The van der Waals surface area contributed by atoms with E-state index < -0.39 is 73.7 Å². The topological polar surface area (TPSA) is 167 Å². The molecule has 12 heteroatoms. The summed E-state index contributed by atoms with van der Waals surface area (Å²) >= 11 is 0. The van der Waals surface area contributed by atoms with Crippen molar-refractivity contribution < 1.29 is 58.1 Å². The van der Waals surface area contributed by atoms with Crippen LogP contribution in [0.3, 0.4) is 0 Å². The van der Waals surface area contributed by atoms with Gasteiger partial charge in [-0.05, 0) is 36.4 Å². The number of aliphatic hydroxyl groups is 3. The molecule has 0 radical (unpaired) electrons. The van der Waals surface area contributed by atoms with E-state index in [0.717, 1.165) is 0 Å². The van der Waals surface area contributed by atoms with Gasteiger partial charge in [0.15, 0.2) is 24.8 Å². The molecule has 5 rings (SSSR count). The van der Waals surface area contributed by atoms with Crippen molar-refractivity contribution >= 4 is 17.9 Å². The minimum atomic E-state index is -1.70. The van der Waals surface area contributed by atoms with E-state index in [0.29, 0.717) is 0 Å². The van der Waals surface area contributed by atoms with Crippen molar-refractivity contribution in [2.45, 2.75) is 49.2 Å². The molecule has 43 heavy (non-hydrogen) atoms. The highest BCUT2D eigenvalue weighted by Gasteiger charge is 2.53. The Kier molecular flexibility index (Phi) is 9.77. The predicted octanol–water partition coefficient (Wildman–Crippen LogP) is 1.48. The molecule has 2 fully saturated rings. The zero-order chi connectivity index (χ0) is 30.3. The summed E-state index contributed by atoms with van der Waals surface area (Å²) in [6.45, 7) is -0.810. The summed E-state index contributed by atoms with van der Waals surface area (Å²) in [6, 6.07) is 24.2. The van der Waals surface area contributed by atoms with E-state index in [9.17, 15) is 29.7 Å². The molecule has 2 saturated heterocycles. The highest BCUT2D eigenvalue weighted by atomic mass is 16.8. The van der Waals surface area contributed by atoms with Crippen LogP contribution in [0.4, 0.5) is 0 Å². The molecule has 12 nitrogen and oxygen atoms in total. The summed E-state index contributed by atoms with van der Waals surface area (Å²) in [6.07, 6.45) is -11.8. The summed E-state index contributed by atoms with van der Waals surface area (Å²) in [5.74, 6) is -2.27. The van der Waals surface area contributed by atoms with Gasteiger partial charge >= 0.3 is 17.9 Å². The molecular weight excluding hydrogens is 564 g/mol. The molecule has 3 aromatic carbocycles. The Balaban J connectivity index is 1.44. The van der Waals surface area contributed by atoms with Gasteiger partial charge in [-0.15, -0.1) is 0 Å². The van der Waals surface area contributed by atoms with Crippen LogP contribution in [-0.4, -0.2) is 95.6 Å². The first kappa shape index (κ1) is 30.3. The van der Waals surface area contributed by atoms with Crippen molar-refractivity contribution in [1.29, 1.82) is 0 Å². The number of aliphatic hydroxyl groups excluding tert-OH is 3. The Morgan fingerprint density at radius 2 is 1.16 bits per heavy atom. The second-order valence-electron chi connectivity index (χ2n) is 9.86. The summed E-state index contributed by atoms with van der Waals surface area (Å²) < 4.78 is 33.8. The van der Waals surface area contributed by atoms with Crippen LogP contribution in [0.15, 0.2) is 91.0 Å². The molecule has 2 aliphatic rings. The fourth-order valence-corrected chi connectivity index (χ4v) is 4.66. The normalized spacial score (nSPS) is 28.5. The van der Waals surface area contributed by atoms with Crippen LogP contribution in [0.2, 0.25) is 0 Å². The number of ether oxygens (including phenoxy) is 6. The average molecular weight is 595 g/mol. The van der Waals surface area contributed by atoms with Crippen LogP contribution in [0, 0.1) is 0 Å². The molecule has 226 valence electrons. The smallest absolute Gasteiger partial charge is 0.338 e. The van der Waals surface area contributed by atoms with Gasteiger partial charge in [-0.2, -0.15) is 0 Å². The maximum absolute atomic E-state index is 13.2.